The third kappa shape index (κ3) is 8.24. The number of thioether (sulfide) groups is 1. The predicted octanol–water partition coefficient (Wildman–Crippen LogP) is 2.01. The first-order valence-corrected chi connectivity index (χ1v) is 8.31. The van der Waals surface area contributed by atoms with Gasteiger partial charge in [-0.15, -0.1) is 24.0 Å². The number of hydrogen-bond acceptors (Lipinski definition) is 3. The molecule has 0 bridgehead atoms. The molecule has 1 aliphatic rings. The second kappa shape index (κ2) is 12.1. The van der Waals surface area contributed by atoms with Gasteiger partial charge in [0.1, 0.15) is 0 Å². The van der Waals surface area contributed by atoms with E-state index in [-0.39, 0.29) is 24.0 Å². The number of hydrogen-bond donors (Lipinski definition) is 2. The Morgan fingerprint density at radius 2 is 1.89 bits per heavy atom. The number of rotatable bonds is 7. The summed E-state index contributed by atoms with van der Waals surface area (Å²) in [7, 11) is 4.07. The number of nitrogens with one attached hydrogen (secondary N) is 2. The monoisotopic (exact) mass is 400 g/mol. The van der Waals surface area contributed by atoms with Crippen molar-refractivity contribution in [3.63, 3.8) is 0 Å². The Morgan fingerprint density at radius 1 is 1.26 bits per heavy atom. The number of aliphatic imine (C=N–C) groups is 1. The molecule has 19 heavy (non-hydrogen) atoms. The molecular weight excluding hydrogens is 371 g/mol. The molecule has 0 radical (unpaired) electrons. The Bertz CT molecular complexity index is 245. The van der Waals surface area contributed by atoms with Crippen molar-refractivity contribution in [3.8, 4) is 0 Å². The second-order valence-corrected chi connectivity index (χ2v) is 5.82. The van der Waals surface area contributed by atoms with Gasteiger partial charge in [-0.05, 0) is 26.1 Å². The van der Waals surface area contributed by atoms with Crippen LogP contribution in [0.4, 0.5) is 0 Å². The van der Waals surface area contributed by atoms with Crippen LogP contribution in [0.3, 0.4) is 0 Å². The van der Waals surface area contributed by atoms with Gasteiger partial charge in [0, 0.05) is 38.5 Å². The van der Waals surface area contributed by atoms with Gasteiger partial charge in [0.25, 0.3) is 0 Å². The van der Waals surface area contributed by atoms with Crippen LogP contribution in [0.25, 0.3) is 0 Å². The minimum absolute atomic E-state index is 0. The molecule has 0 atom stereocenters. The Hall–Kier alpha value is 0.310. The van der Waals surface area contributed by atoms with E-state index in [4.69, 9.17) is 0 Å². The van der Waals surface area contributed by atoms with Crippen molar-refractivity contribution >= 4 is 41.7 Å². The summed E-state index contributed by atoms with van der Waals surface area (Å²) in [5.41, 5.74) is 0. The van der Waals surface area contributed by atoms with Gasteiger partial charge in [-0.3, -0.25) is 4.99 Å². The summed E-state index contributed by atoms with van der Waals surface area (Å²) in [6.07, 6.45) is 7.67. The maximum atomic E-state index is 4.22. The fourth-order valence-electron chi connectivity index (χ4n) is 2.37. The van der Waals surface area contributed by atoms with Gasteiger partial charge in [0.15, 0.2) is 5.96 Å². The number of guanidine groups is 1. The molecule has 0 unspecified atom stereocenters. The fraction of sp³-hybridized carbons (Fsp3) is 0.923. The zero-order chi connectivity index (χ0) is 13.2. The van der Waals surface area contributed by atoms with Crippen LogP contribution in [-0.2, 0) is 0 Å². The molecule has 0 aliphatic heterocycles. The lowest BCUT2D eigenvalue weighted by Gasteiger charge is -2.24. The van der Waals surface area contributed by atoms with Gasteiger partial charge in [-0.25, -0.2) is 0 Å². The Morgan fingerprint density at radius 3 is 2.47 bits per heavy atom. The normalized spacial score (nSPS) is 16.5. The van der Waals surface area contributed by atoms with Crippen LogP contribution >= 0.6 is 35.7 Å². The molecule has 4 nitrogen and oxygen atoms in total. The van der Waals surface area contributed by atoms with Crippen LogP contribution in [0.2, 0.25) is 0 Å². The van der Waals surface area contributed by atoms with E-state index in [1.165, 1.54) is 25.7 Å². The van der Waals surface area contributed by atoms with Crippen molar-refractivity contribution in [2.75, 3.05) is 45.7 Å². The molecule has 2 N–H and O–H groups in total. The van der Waals surface area contributed by atoms with Gasteiger partial charge in [0.2, 0.25) is 0 Å². The molecule has 1 rings (SSSR count). The summed E-state index contributed by atoms with van der Waals surface area (Å²) in [5, 5.41) is 6.68. The van der Waals surface area contributed by atoms with Crippen molar-refractivity contribution in [2.45, 2.75) is 31.7 Å². The third-order valence-electron chi connectivity index (χ3n) is 3.53. The van der Waals surface area contributed by atoms with Crippen molar-refractivity contribution < 1.29 is 0 Å². The van der Waals surface area contributed by atoms with Crippen LogP contribution < -0.4 is 10.6 Å². The summed E-state index contributed by atoms with van der Waals surface area (Å²) in [5.74, 6) is 2.03. The molecule has 6 heteroatoms. The van der Waals surface area contributed by atoms with Crippen molar-refractivity contribution in [1.29, 1.82) is 0 Å². The summed E-state index contributed by atoms with van der Waals surface area (Å²) in [6.45, 7) is 3.03. The largest absolute Gasteiger partial charge is 0.356 e. The van der Waals surface area contributed by atoms with E-state index in [1.54, 1.807) is 0 Å². The minimum Gasteiger partial charge on any atom is -0.356 e. The lowest BCUT2D eigenvalue weighted by Crippen LogP contribution is -2.43. The minimum atomic E-state index is 0. The van der Waals surface area contributed by atoms with Crippen LogP contribution in [0.5, 0.6) is 0 Å². The molecule has 0 saturated heterocycles. The first kappa shape index (κ1) is 19.3. The summed E-state index contributed by atoms with van der Waals surface area (Å²) in [4.78, 5) is 6.70. The number of nitrogens with zero attached hydrogens (tertiary/aromatic N) is 2. The van der Waals surface area contributed by atoms with Crippen molar-refractivity contribution in [2.24, 2.45) is 4.99 Å². The maximum Gasteiger partial charge on any atom is 0.191 e. The molecular formula is C13H29IN4S. The van der Waals surface area contributed by atoms with E-state index >= 15 is 0 Å². The second-order valence-electron chi connectivity index (χ2n) is 4.84. The summed E-state index contributed by atoms with van der Waals surface area (Å²) in [6, 6.07) is 0.804. The van der Waals surface area contributed by atoms with E-state index in [9.17, 15) is 0 Å². The van der Waals surface area contributed by atoms with Crippen LogP contribution in [0.15, 0.2) is 4.99 Å². The number of halogens is 1. The van der Waals surface area contributed by atoms with Gasteiger partial charge in [-0.2, -0.15) is 11.8 Å². The average molecular weight is 400 g/mol. The fourth-order valence-corrected chi connectivity index (χ4v) is 2.68. The Kier molecular flexibility index (Phi) is 12.3. The van der Waals surface area contributed by atoms with Gasteiger partial charge in [-0.1, -0.05) is 12.8 Å². The molecule has 0 aromatic rings. The highest BCUT2D eigenvalue weighted by Gasteiger charge is 2.18. The van der Waals surface area contributed by atoms with Crippen LogP contribution in [0.1, 0.15) is 25.7 Å². The third-order valence-corrected chi connectivity index (χ3v) is 4.14. The molecule has 0 spiro atoms. The smallest absolute Gasteiger partial charge is 0.191 e. The highest BCUT2D eigenvalue weighted by Crippen LogP contribution is 2.21. The maximum absolute atomic E-state index is 4.22. The Labute approximate surface area is 139 Å². The van der Waals surface area contributed by atoms with E-state index < -0.39 is 0 Å². The molecule has 0 aromatic carbocycles. The zero-order valence-electron chi connectivity index (χ0n) is 12.4. The standard InChI is InChI=1S/C13H28N4S.HI/c1-14-13(16-9-11-18-3)15-8-10-17(2)12-6-4-5-7-12;/h12H,4-11H2,1-3H3,(H2,14,15,16);1H. The van der Waals surface area contributed by atoms with E-state index in [2.05, 4.69) is 33.8 Å². The van der Waals surface area contributed by atoms with Crippen molar-refractivity contribution in [1.82, 2.24) is 15.5 Å². The molecule has 0 heterocycles. The van der Waals surface area contributed by atoms with Crippen LogP contribution in [-0.4, -0.2) is 62.6 Å². The molecule has 0 aromatic heterocycles. The van der Waals surface area contributed by atoms with Gasteiger partial charge >= 0.3 is 0 Å². The molecule has 1 aliphatic carbocycles. The first-order chi connectivity index (χ1) is 8.77. The zero-order valence-corrected chi connectivity index (χ0v) is 15.6. The summed E-state index contributed by atoms with van der Waals surface area (Å²) < 4.78 is 0. The van der Waals surface area contributed by atoms with E-state index in [0.29, 0.717) is 0 Å². The van der Waals surface area contributed by atoms with E-state index in [0.717, 1.165) is 37.4 Å². The van der Waals surface area contributed by atoms with Crippen LogP contribution in [0, 0.1) is 0 Å². The topological polar surface area (TPSA) is 39.7 Å². The summed E-state index contributed by atoms with van der Waals surface area (Å²) >= 11 is 1.85. The van der Waals surface area contributed by atoms with Crippen molar-refractivity contribution in [3.05, 3.63) is 0 Å². The van der Waals surface area contributed by atoms with E-state index in [1.807, 2.05) is 18.8 Å². The highest BCUT2D eigenvalue weighted by atomic mass is 127. The highest BCUT2D eigenvalue weighted by molar-refractivity contribution is 14.0. The average Bonchev–Trinajstić information content (AvgIpc) is 2.91. The first-order valence-electron chi connectivity index (χ1n) is 6.91. The molecule has 1 fully saturated rings. The predicted molar refractivity (Wildman–Crippen MR) is 98.0 cm³/mol. The lowest BCUT2D eigenvalue weighted by molar-refractivity contribution is 0.249. The molecule has 0 amide bonds. The lowest BCUT2D eigenvalue weighted by atomic mass is 10.2. The number of likely N-dealkylation sites (N-methyl/N-ethyl adjacent to an activating group) is 1. The molecule has 1 saturated carbocycles. The van der Waals surface area contributed by atoms with Gasteiger partial charge in [0.05, 0.1) is 0 Å². The van der Waals surface area contributed by atoms with Gasteiger partial charge < -0.3 is 15.5 Å². The SMILES string of the molecule is CN=C(NCCSC)NCCN(C)C1CCCC1.I. The quantitative estimate of drug-likeness (QED) is 0.297. The molecule has 114 valence electrons. The Balaban J connectivity index is 0.00000324.